The molecule has 4 heteroatoms. The fourth-order valence-corrected chi connectivity index (χ4v) is 1.36. The molecule has 0 atom stereocenters. The van der Waals surface area contributed by atoms with Gasteiger partial charge in [-0.15, -0.1) is 6.58 Å². The molecule has 3 nitrogen and oxygen atoms in total. The van der Waals surface area contributed by atoms with Gasteiger partial charge in [0, 0.05) is 5.56 Å². The molecule has 0 amide bonds. The first-order chi connectivity index (χ1) is 7.61. The zero-order chi connectivity index (χ0) is 12.1. The van der Waals surface area contributed by atoms with E-state index >= 15 is 0 Å². The van der Waals surface area contributed by atoms with E-state index in [9.17, 15) is 14.3 Å². The number of benzene rings is 1. The maximum Gasteiger partial charge on any atom is 0.338 e. The Kier molecular flexibility index (Phi) is 4.05. The predicted molar refractivity (Wildman–Crippen MR) is 57.9 cm³/mol. The Morgan fingerprint density at radius 1 is 1.62 bits per heavy atom. The average molecular weight is 224 g/mol. The Morgan fingerprint density at radius 2 is 2.31 bits per heavy atom. The molecule has 1 N–H and O–H groups in total. The molecule has 0 saturated carbocycles. The summed E-state index contributed by atoms with van der Waals surface area (Å²) in [6.45, 7) is 5.39. The van der Waals surface area contributed by atoms with Crippen molar-refractivity contribution in [2.45, 2.75) is 13.3 Å². The van der Waals surface area contributed by atoms with E-state index in [0.29, 0.717) is 0 Å². The van der Waals surface area contributed by atoms with Crippen molar-refractivity contribution in [3.05, 3.63) is 41.7 Å². The van der Waals surface area contributed by atoms with Crippen LogP contribution in [0.4, 0.5) is 4.39 Å². The summed E-state index contributed by atoms with van der Waals surface area (Å²) in [6.07, 6.45) is 1.69. The largest absolute Gasteiger partial charge is 0.505 e. The third-order valence-electron chi connectivity index (χ3n) is 2.08. The van der Waals surface area contributed by atoms with E-state index in [1.807, 2.05) is 0 Å². The smallest absolute Gasteiger partial charge is 0.338 e. The summed E-state index contributed by atoms with van der Waals surface area (Å²) in [5.41, 5.74) is 0.370. The van der Waals surface area contributed by atoms with Crippen LogP contribution in [0.1, 0.15) is 22.8 Å². The molecule has 0 aliphatic carbocycles. The molecule has 0 saturated heterocycles. The molecule has 0 spiro atoms. The van der Waals surface area contributed by atoms with E-state index in [-0.39, 0.29) is 24.2 Å². The summed E-state index contributed by atoms with van der Waals surface area (Å²) in [7, 11) is 0. The Hall–Kier alpha value is -1.84. The minimum absolute atomic E-state index is 0.167. The number of hydrogen-bond donors (Lipinski definition) is 1. The van der Waals surface area contributed by atoms with E-state index in [4.69, 9.17) is 4.74 Å². The molecule has 0 unspecified atom stereocenters. The zero-order valence-corrected chi connectivity index (χ0v) is 9.00. The lowest BCUT2D eigenvalue weighted by atomic mass is 10.0. The summed E-state index contributed by atoms with van der Waals surface area (Å²) in [6, 6.07) is 2.33. The van der Waals surface area contributed by atoms with Gasteiger partial charge in [0.05, 0.1) is 12.2 Å². The van der Waals surface area contributed by atoms with E-state index in [1.54, 1.807) is 6.92 Å². The summed E-state index contributed by atoms with van der Waals surface area (Å²) < 4.78 is 17.9. The van der Waals surface area contributed by atoms with Crippen LogP contribution >= 0.6 is 0 Å². The molecule has 0 aromatic heterocycles. The Balaban J connectivity index is 3.22. The number of carbonyl (C=O) groups excluding carboxylic acids is 1. The number of phenolic OH excluding ortho intramolecular Hbond substituents is 1. The van der Waals surface area contributed by atoms with Gasteiger partial charge >= 0.3 is 5.97 Å². The molecule has 0 bridgehead atoms. The van der Waals surface area contributed by atoms with Crippen LogP contribution in [0.3, 0.4) is 0 Å². The van der Waals surface area contributed by atoms with Crippen LogP contribution in [0, 0.1) is 5.82 Å². The van der Waals surface area contributed by atoms with Gasteiger partial charge in [-0.05, 0) is 25.5 Å². The summed E-state index contributed by atoms with van der Waals surface area (Å²) in [5, 5.41) is 9.50. The minimum Gasteiger partial charge on any atom is -0.505 e. The van der Waals surface area contributed by atoms with Crippen molar-refractivity contribution in [1.29, 1.82) is 0 Å². The van der Waals surface area contributed by atoms with Crippen molar-refractivity contribution in [2.75, 3.05) is 6.61 Å². The number of ether oxygens (including phenoxy) is 1. The maximum atomic E-state index is 13.1. The normalized spacial score (nSPS) is 9.88. The number of carbonyl (C=O) groups is 1. The molecule has 0 radical (unpaired) electrons. The molecule has 1 aromatic carbocycles. The second-order valence-corrected chi connectivity index (χ2v) is 3.14. The number of aromatic hydroxyl groups is 1. The van der Waals surface area contributed by atoms with Gasteiger partial charge in [-0.25, -0.2) is 9.18 Å². The van der Waals surface area contributed by atoms with Crippen molar-refractivity contribution in [2.24, 2.45) is 0 Å². The molecule has 86 valence electrons. The zero-order valence-electron chi connectivity index (χ0n) is 9.00. The van der Waals surface area contributed by atoms with Gasteiger partial charge < -0.3 is 9.84 Å². The van der Waals surface area contributed by atoms with E-state index in [0.717, 1.165) is 6.07 Å². The highest BCUT2D eigenvalue weighted by atomic mass is 19.1. The summed E-state index contributed by atoms with van der Waals surface area (Å²) in [4.78, 5) is 11.5. The minimum atomic E-state index is -0.759. The van der Waals surface area contributed by atoms with Crippen molar-refractivity contribution in [3.63, 3.8) is 0 Å². The van der Waals surface area contributed by atoms with E-state index in [2.05, 4.69) is 6.58 Å². The van der Waals surface area contributed by atoms with Gasteiger partial charge in [0.2, 0.25) is 0 Å². The monoisotopic (exact) mass is 224 g/mol. The molecule has 16 heavy (non-hydrogen) atoms. The number of hydrogen-bond acceptors (Lipinski definition) is 3. The van der Waals surface area contributed by atoms with Crippen molar-refractivity contribution < 1.29 is 19.0 Å². The predicted octanol–water partition coefficient (Wildman–Crippen LogP) is 2.44. The molecular weight excluding hydrogens is 211 g/mol. The van der Waals surface area contributed by atoms with Gasteiger partial charge in [-0.3, -0.25) is 0 Å². The maximum absolute atomic E-state index is 13.1. The van der Waals surface area contributed by atoms with Crippen molar-refractivity contribution >= 4 is 5.97 Å². The first-order valence-corrected chi connectivity index (χ1v) is 4.90. The van der Waals surface area contributed by atoms with Gasteiger partial charge in [-0.1, -0.05) is 6.08 Å². The summed E-state index contributed by atoms with van der Waals surface area (Å²) in [5.74, 6) is -1.86. The fourth-order valence-electron chi connectivity index (χ4n) is 1.36. The average Bonchev–Trinajstić information content (AvgIpc) is 2.25. The van der Waals surface area contributed by atoms with Crippen LogP contribution in [0.2, 0.25) is 0 Å². The van der Waals surface area contributed by atoms with Gasteiger partial charge in [-0.2, -0.15) is 0 Å². The molecule has 1 aromatic rings. The lowest BCUT2D eigenvalue weighted by molar-refractivity contribution is 0.0524. The molecule has 0 heterocycles. The molecular formula is C12H13FO3. The van der Waals surface area contributed by atoms with Crippen LogP contribution in [-0.2, 0) is 11.2 Å². The number of halogens is 1. The number of phenols is 1. The SMILES string of the molecule is C=CCc1c(C(=O)OCC)ccc(F)c1O. The quantitative estimate of drug-likeness (QED) is 0.631. The lowest BCUT2D eigenvalue weighted by Gasteiger charge is -2.09. The second kappa shape index (κ2) is 5.30. The van der Waals surface area contributed by atoms with Crippen molar-refractivity contribution in [1.82, 2.24) is 0 Å². The van der Waals surface area contributed by atoms with E-state index < -0.39 is 17.5 Å². The third-order valence-corrected chi connectivity index (χ3v) is 2.08. The van der Waals surface area contributed by atoms with Crippen molar-refractivity contribution in [3.8, 4) is 5.75 Å². The Bertz CT molecular complexity index is 413. The third kappa shape index (κ3) is 2.39. The Labute approximate surface area is 93.2 Å². The molecule has 1 rings (SSSR count). The highest BCUT2D eigenvalue weighted by Crippen LogP contribution is 2.26. The molecule has 0 aliphatic rings. The first-order valence-electron chi connectivity index (χ1n) is 4.90. The standard InChI is InChI=1S/C12H13FO3/c1-3-5-8-9(12(15)16-4-2)6-7-10(13)11(8)14/h3,6-7,14H,1,4-5H2,2H3. The lowest BCUT2D eigenvalue weighted by Crippen LogP contribution is -2.08. The Morgan fingerprint density at radius 3 is 2.88 bits per heavy atom. The van der Waals surface area contributed by atoms with Crippen LogP contribution in [-0.4, -0.2) is 17.7 Å². The number of allylic oxidation sites excluding steroid dienone is 1. The first kappa shape index (κ1) is 12.2. The highest BCUT2D eigenvalue weighted by Gasteiger charge is 2.17. The summed E-state index contributed by atoms with van der Waals surface area (Å²) >= 11 is 0. The van der Waals surface area contributed by atoms with Crippen LogP contribution in [0.25, 0.3) is 0 Å². The van der Waals surface area contributed by atoms with Gasteiger partial charge in [0.15, 0.2) is 11.6 Å². The fraction of sp³-hybridized carbons (Fsp3) is 0.250. The molecule has 0 fully saturated rings. The topological polar surface area (TPSA) is 46.5 Å². The number of esters is 1. The molecule has 0 aliphatic heterocycles. The van der Waals surface area contributed by atoms with Gasteiger partial charge in [0.25, 0.3) is 0 Å². The van der Waals surface area contributed by atoms with Crippen LogP contribution in [0.15, 0.2) is 24.8 Å². The highest BCUT2D eigenvalue weighted by molar-refractivity contribution is 5.92. The number of rotatable bonds is 4. The van der Waals surface area contributed by atoms with Gasteiger partial charge in [0.1, 0.15) is 0 Å². The van der Waals surface area contributed by atoms with Crippen LogP contribution in [0.5, 0.6) is 5.75 Å². The second-order valence-electron chi connectivity index (χ2n) is 3.14. The van der Waals surface area contributed by atoms with Crippen LogP contribution < -0.4 is 0 Å². The van der Waals surface area contributed by atoms with E-state index in [1.165, 1.54) is 12.1 Å².